The minimum Gasteiger partial charge on any atom is -0.460 e. The summed E-state index contributed by atoms with van der Waals surface area (Å²) >= 11 is 0. The average molecular weight is 351 g/mol. The highest BCUT2D eigenvalue weighted by Gasteiger charge is 2.45. The molecule has 4 nitrogen and oxygen atoms in total. The lowest BCUT2D eigenvalue weighted by Gasteiger charge is -2.32. The molecule has 4 rings (SSSR count). The van der Waals surface area contributed by atoms with Crippen molar-refractivity contribution >= 4 is 5.97 Å². The van der Waals surface area contributed by atoms with Crippen molar-refractivity contribution in [2.75, 3.05) is 13.6 Å². The van der Waals surface area contributed by atoms with E-state index in [1.54, 1.807) is 24.3 Å². The molecule has 136 valence electrons. The number of ether oxygens (including phenoxy) is 1. The van der Waals surface area contributed by atoms with E-state index in [9.17, 15) is 9.90 Å². The summed E-state index contributed by atoms with van der Waals surface area (Å²) in [4.78, 5) is 15.5. The minimum atomic E-state index is -1.79. The Morgan fingerprint density at radius 3 is 2.12 bits per heavy atom. The molecule has 1 heterocycles. The summed E-state index contributed by atoms with van der Waals surface area (Å²) in [6.07, 6.45) is 2.78. The maximum Gasteiger partial charge on any atom is 0.347 e. The van der Waals surface area contributed by atoms with E-state index < -0.39 is 11.6 Å². The lowest BCUT2D eigenvalue weighted by molar-refractivity contribution is -0.170. The molecule has 26 heavy (non-hydrogen) atoms. The molecule has 1 aliphatic heterocycles. The van der Waals surface area contributed by atoms with Crippen LogP contribution in [-0.2, 0) is 15.1 Å². The Labute approximate surface area is 154 Å². The third-order valence-electron chi connectivity index (χ3n) is 5.86. The molecule has 2 aromatic carbocycles. The number of likely N-dealkylation sites (tertiary alicyclic amines) is 1. The molecule has 1 saturated carbocycles. The third-order valence-corrected chi connectivity index (χ3v) is 5.86. The van der Waals surface area contributed by atoms with Gasteiger partial charge >= 0.3 is 5.97 Å². The maximum atomic E-state index is 13.2. The van der Waals surface area contributed by atoms with Gasteiger partial charge in [-0.15, -0.1) is 0 Å². The summed E-state index contributed by atoms with van der Waals surface area (Å²) in [6, 6.07) is 18.6. The van der Waals surface area contributed by atoms with Crippen LogP contribution in [0.15, 0.2) is 60.7 Å². The fraction of sp³-hybridized carbons (Fsp3) is 0.409. The largest absolute Gasteiger partial charge is 0.460 e. The van der Waals surface area contributed by atoms with Crippen LogP contribution in [0.5, 0.6) is 0 Å². The zero-order valence-corrected chi connectivity index (χ0v) is 15.0. The molecule has 1 unspecified atom stereocenters. The lowest BCUT2D eigenvalue weighted by atomic mass is 9.85. The van der Waals surface area contributed by atoms with Crippen molar-refractivity contribution in [3.63, 3.8) is 0 Å². The third kappa shape index (κ3) is 3.04. The first-order valence-electron chi connectivity index (χ1n) is 9.32. The van der Waals surface area contributed by atoms with E-state index in [1.165, 1.54) is 6.42 Å². The van der Waals surface area contributed by atoms with E-state index in [-0.39, 0.29) is 6.10 Å². The summed E-state index contributed by atoms with van der Waals surface area (Å²) in [5, 5.41) is 11.5. The fourth-order valence-corrected chi connectivity index (χ4v) is 4.51. The van der Waals surface area contributed by atoms with Crippen LogP contribution < -0.4 is 0 Å². The first-order chi connectivity index (χ1) is 12.6. The predicted molar refractivity (Wildman–Crippen MR) is 99.5 cm³/mol. The van der Waals surface area contributed by atoms with Crippen LogP contribution in [0.2, 0.25) is 0 Å². The Balaban J connectivity index is 1.61. The van der Waals surface area contributed by atoms with Crippen LogP contribution >= 0.6 is 0 Å². The van der Waals surface area contributed by atoms with Crippen molar-refractivity contribution < 1.29 is 14.6 Å². The monoisotopic (exact) mass is 351 g/mol. The zero-order valence-electron chi connectivity index (χ0n) is 15.0. The summed E-state index contributed by atoms with van der Waals surface area (Å²) in [5.41, 5.74) is -0.718. The molecule has 3 atom stereocenters. The molecule has 1 saturated heterocycles. The van der Waals surface area contributed by atoms with Crippen molar-refractivity contribution in [3.8, 4) is 0 Å². The first kappa shape index (κ1) is 17.3. The number of aliphatic hydroxyl groups is 1. The highest BCUT2D eigenvalue weighted by molar-refractivity contribution is 5.85. The normalized spacial score (nSPS) is 25.8. The molecule has 0 spiro atoms. The van der Waals surface area contributed by atoms with Crippen molar-refractivity contribution in [3.05, 3.63) is 71.8 Å². The molecule has 2 fully saturated rings. The van der Waals surface area contributed by atoms with E-state index in [1.807, 2.05) is 36.4 Å². The first-order valence-corrected chi connectivity index (χ1v) is 9.32. The van der Waals surface area contributed by atoms with Crippen LogP contribution in [0.1, 0.15) is 30.4 Å². The van der Waals surface area contributed by atoms with Gasteiger partial charge in [0.05, 0.1) is 0 Å². The van der Waals surface area contributed by atoms with Crippen LogP contribution in [-0.4, -0.2) is 41.7 Å². The molecule has 0 aromatic heterocycles. The Bertz CT molecular complexity index is 720. The Kier molecular flexibility index (Phi) is 4.55. The van der Waals surface area contributed by atoms with Crippen molar-refractivity contribution in [2.45, 2.75) is 37.0 Å². The average Bonchev–Trinajstić information content (AvgIpc) is 2.94. The number of rotatable bonds is 4. The lowest BCUT2D eigenvalue weighted by Crippen LogP contribution is -2.42. The van der Waals surface area contributed by atoms with Gasteiger partial charge in [0.1, 0.15) is 6.10 Å². The predicted octanol–water partition coefficient (Wildman–Crippen LogP) is 2.95. The number of nitrogens with zero attached hydrogens (tertiary/aromatic N) is 1. The molecule has 2 aliphatic rings. The van der Waals surface area contributed by atoms with Crippen molar-refractivity contribution in [2.24, 2.45) is 5.92 Å². The smallest absolute Gasteiger partial charge is 0.347 e. The molecule has 4 heteroatoms. The van der Waals surface area contributed by atoms with Gasteiger partial charge in [0.25, 0.3) is 0 Å². The van der Waals surface area contributed by atoms with Gasteiger partial charge in [-0.25, -0.2) is 4.79 Å². The summed E-state index contributed by atoms with van der Waals surface area (Å²) in [5.74, 6) is 0.00180. The quantitative estimate of drug-likeness (QED) is 0.861. The molecular weight excluding hydrogens is 326 g/mol. The highest BCUT2D eigenvalue weighted by Crippen LogP contribution is 2.38. The maximum absolute atomic E-state index is 13.2. The van der Waals surface area contributed by atoms with Gasteiger partial charge in [-0.05, 0) is 43.4 Å². The molecule has 1 aliphatic carbocycles. The molecule has 0 amide bonds. The van der Waals surface area contributed by atoms with Gasteiger partial charge in [-0.3, -0.25) is 0 Å². The topological polar surface area (TPSA) is 49.8 Å². The van der Waals surface area contributed by atoms with E-state index in [2.05, 4.69) is 11.9 Å². The van der Waals surface area contributed by atoms with E-state index in [0.29, 0.717) is 23.1 Å². The summed E-state index contributed by atoms with van der Waals surface area (Å²) in [7, 11) is 2.14. The van der Waals surface area contributed by atoms with Gasteiger partial charge in [-0.1, -0.05) is 60.7 Å². The van der Waals surface area contributed by atoms with Crippen LogP contribution in [0.3, 0.4) is 0 Å². The van der Waals surface area contributed by atoms with E-state index in [4.69, 9.17) is 4.74 Å². The second kappa shape index (κ2) is 6.86. The SMILES string of the molecule is CN1C[C@@H]2CC(OC(=O)C(O)(c3ccccc3)c3ccccc3)C[C@H]1C2. The summed E-state index contributed by atoms with van der Waals surface area (Å²) < 4.78 is 5.88. The number of carbonyl (C=O) groups excluding carboxylic acids is 1. The number of carbonyl (C=O) groups is 1. The van der Waals surface area contributed by atoms with Crippen LogP contribution in [0, 0.1) is 5.92 Å². The van der Waals surface area contributed by atoms with Gasteiger partial charge in [0.2, 0.25) is 5.60 Å². The Morgan fingerprint density at radius 2 is 1.58 bits per heavy atom. The van der Waals surface area contributed by atoms with Crippen LogP contribution in [0.4, 0.5) is 0 Å². The summed E-state index contributed by atoms with van der Waals surface area (Å²) in [6.45, 7) is 1.07. The fourth-order valence-electron chi connectivity index (χ4n) is 4.51. The number of hydrogen-bond donors (Lipinski definition) is 1. The zero-order chi connectivity index (χ0) is 18.1. The molecule has 2 aromatic rings. The van der Waals surface area contributed by atoms with Gasteiger partial charge in [-0.2, -0.15) is 0 Å². The van der Waals surface area contributed by atoms with Gasteiger partial charge in [0.15, 0.2) is 0 Å². The number of fused-ring (bicyclic) bond motifs is 2. The molecular formula is C22H25NO3. The Hall–Kier alpha value is -2.17. The number of esters is 1. The number of hydrogen-bond acceptors (Lipinski definition) is 4. The Morgan fingerprint density at radius 1 is 1.00 bits per heavy atom. The number of benzene rings is 2. The molecule has 2 bridgehead atoms. The molecule has 1 N–H and O–H groups in total. The van der Waals surface area contributed by atoms with Crippen molar-refractivity contribution in [1.29, 1.82) is 0 Å². The second-order valence-corrected chi connectivity index (χ2v) is 7.64. The second-order valence-electron chi connectivity index (χ2n) is 7.64. The van der Waals surface area contributed by atoms with Gasteiger partial charge in [0, 0.05) is 12.6 Å². The van der Waals surface area contributed by atoms with Gasteiger partial charge < -0.3 is 14.7 Å². The van der Waals surface area contributed by atoms with Crippen molar-refractivity contribution in [1.82, 2.24) is 4.90 Å². The minimum absolute atomic E-state index is 0.129. The molecule has 0 radical (unpaired) electrons. The van der Waals surface area contributed by atoms with E-state index in [0.717, 1.165) is 19.4 Å². The van der Waals surface area contributed by atoms with Crippen LogP contribution in [0.25, 0.3) is 0 Å². The standard InChI is InChI=1S/C22H25NO3/c1-23-15-16-12-19(23)14-20(13-16)26-21(24)22(25,17-8-4-2-5-9-17)18-10-6-3-7-11-18/h2-11,16,19-20,25H,12-15H2,1H3/t16-,19+,20?/m0/s1. The van der Waals surface area contributed by atoms with E-state index >= 15 is 0 Å². The highest BCUT2D eigenvalue weighted by atomic mass is 16.6.